The second kappa shape index (κ2) is 11.9. The van der Waals surface area contributed by atoms with Crippen LogP contribution >= 0.6 is 11.6 Å². The van der Waals surface area contributed by atoms with Gasteiger partial charge in [0.05, 0.1) is 12.2 Å². The highest BCUT2D eigenvalue weighted by molar-refractivity contribution is 6.31. The van der Waals surface area contributed by atoms with Gasteiger partial charge in [0.25, 0.3) is 0 Å². The van der Waals surface area contributed by atoms with Gasteiger partial charge in [0.2, 0.25) is 0 Å². The van der Waals surface area contributed by atoms with Gasteiger partial charge in [-0.3, -0.25) is 0 Å². The van der Waals surface area contributed by atoms with E-state index in [9.17, 15) is 22.8 Å². The van der Waals surface area contributed by atoms with Gasteiger partial charge in [-0.05, 0) is 89.8 Å². The number of carbonyl (C=O) groups excluding carboxylic acids is 2. The number of benzene rings is 2. The molecule has 2 aromatic rings. The first kappa shape index (κ1) is 29.3. The number of ether oxygens (including phenoxy) is 3. The summed E-state index contributed by atoms with van der Waals surface area (Å²) in [5.41, 5.74) is -2.11. The largest absolute Gasteiger partial charge is 0.464 e. The number of halogens is 4. The fourth-order valence-electron chi connectivity index (χ4n) is 3.33. The summed E-state index contributed by atoms with van der Waals surface area (Å²) in [7, 11) is 0. The molecule has 0 aliphatic rings. The monoisotopic (exact) mass is 529 g/mol. The lowest BCUT2D eigenvalue weighted by molar-refractivity contribution is -0.150. The van der Waals surface area contributed by atoms with Crippen molar-refractivity contribution in [2.24, 2.45) is 0 Å². The summed E-state index contributed by atoms with van der Waals surface area (Å²) in [5, 5.41) is 2.98. The van der Waals surface area contributed by atoms with Crippen LogP contribution in [0, 0.1) is 0 Å². The molecule has 0 saturated heterocycles. The van der Waals surface area contributed by atoms with Crippen molar-refractivity contribution in [1.82, 2.24) is 5.32 Å². The number of nitrogens with one attached hydrogen (secondary N) is 1. The minimum atomic E-state index is -4.47. The van der Waals surface area contributed by atoms with E-state index >= 15 is 0 Å². The Morgan fingerprint density at radius 2 is 1.67 bits per heavy atom. The van der Waals surface area contributed by atoms with Crippen molar-refractivity contribution in [3.8, 4) is 11.5 Å². The maximum Gasteiger partial charge on any atom is 0.416 e. The van der Waals surface area contributed by atoms with Crippen LogP contribution in [0.25, 0.3) is 0 Å². The van der Waals surface area contributed by atoms with Crippen LogP contribution in [0.1, 0.15) is 58.6 Å². The molecule has 6 nitrogen and oxygen atoms in total. The molecule has 1 amide bonds. The van der Waals surface area contributed by atoms with Gasteiger partial charge in [-0.15, -0.1) is 0 Å². The van der Waals surface area contributed by atoms with Gasteiger partial charge in [0.15, 0.2) is 0 Å². The van der Waals surface area contributed by atoms with Crippen LogP contribution in [0.4, 0.5) is 18.0 Å². The standard InChI is InChI=1S/C26H31ClF3NO5/c1-6-34-22(32)25(5,31-23(33)36-24(2,3)4)14-8-9-17-12-13-20(16-21(17)27)35-19-11-7-10-18(15-19)26(28,29)30/h7,10-13,15-16H,6,8-9,14H2,1-5H3,(H,31,33)/t25-/m1/s1. The molecule has 198 valence electrons. The highest BCUT2D eigenvalue weighted by Crippen LogP contribution is 2.34. The van der Waals surface area contributed by atoms with E-state index in [2.05, 4.69) is 5.32 Å². The first-order valence-electron chi connectivity index (χ1n) is 11.4. The van der Waals surface area contributed by atoms with Crippen LogP contribution in [0.15, 0.2) is 42.5 Å². The second-order valence-corrected chi connectivity index (χ2v) is 9.82. The van der Waals surface area contributed by atoms with Crippen molar-refractivity contribution in [3.63, 3.8) is 0 Å². The first-order chi connectivity index (χ1) is 16.6. The number of aryl methyl sites for hydroxylation is 1. The summed E-state index contributed by atoms with van der Waals surface area (Å²) in [5.74, 6) is -0.259. The number of hydrogen-bond acceptors (Lipinski definition) is 5. The average Bonchev–Trinajstić information content (AvgIpc) is 2.73. The zero-order chi connectivity index (χ0) is 27.1. The highest BCUT2D eigenvalue weighted by atomic mass is 35.5. The van der Waals surface area contributed by atoms with E-state index in [1.807, 2.05) is 0 Å². The Kier molecular flexibility index (Phi) is 9.65. The van der Waals surface area contributed by atoms with E-state index < -0.39 is 34.9 Å². The van der Waals surface area contributed by atoms with Gasteiger partial charge < -0.3 is 19.5 Å². The Balaban J connectivity index is 2.06. The Morgan fingerprint density at radius 3 is 2.25 bits per heavy atom. The fraction of sp³-hybridized carbons (Fsp3) is 0.462. The molecule has 0 spiro atoms. The van der Waals surface area contributed by atoms with Gasteiger partial charge >= 0.3 is 18.2 Å². The smallest absolute Gasteiger partial charge is 0.416 e. The fourth-order valence-corrected chi connectivity index (χ4v) is 3.60. The molecule has 10 heteroatoms. The zero-order valence-corrected chi connectivity index (χ0v) is 21.7. The van der Waals surface area contributed by atoms with Crippen molar-refractivity contribution in [3.05, 3.63) is 58.6 Å². The van der Waals surface area contributed by atoms with Crippen LogP contribution < -0.4 is 10.1 Å². The Morgan fingerprint density at radius 1 is 1.00 bits per heavy atom. The summed E-state index contributed by atoms with van der Waals surface area (Å²) in [6.45, 7) is 8.56. The van der Waals surface area contributed by atoms with Crippen LogP contribution in [-0.4, -0.2) is 29.8 Å². The van der Waals surface area contributed by atoms with Crippen molar-refractivity contribution in [2.75, 3.05) is 6.61 Å². The highest BCUT2D eigenvalue weighted by Gasteiger charge is 2.37. The number of carbonyl (C=O) groups is 2. The molecule has 0 fully saturated rings. The van der Waals surface area contributed by atoms with Crippen molar-refractivity contribution >= 4 is 23.7 Å². The lowest BCUT2D eigenvalue weighted by Gasteiger charge is -2.30. The SMILES string of the molecule is CCOC(=O)[C@@](C)(CCCc1ccc(Oc2cccc(C(F)(F)F)c2)cc1Cl)NC(=O)OC(C)(C)C. The summed E-state index contributed by atoms with van der Waals surface area (Å²) in [6.07, 6.45) is -4.01. The number of esters is 1. The lowest BCUT2D eigenvalue weighted by Crippen LogP contribution is -2.54. The summed E-state index contributed by atoms with van der Waals surface area (Å²) in [4.78, 5) is 24.9. The molecule has 0 aromatic heterocycles. The van der Waals surface area contributed by atoms with E-state index in [1.54, 1.807) is 46.8 Å². The summed E-state index contributed by atoms with van der Waals surface area (Å²) in [6, 6.07) is 9.38. The van der Waals surface area contributed by atoms with Crippen molar-refractivity contribution in [2.45, 2.75) is 71.2 Å². The van der Waals surface area contributed by atoms with Crippen LogP contribution in [-0.2, 0) is 26.9 Å². The lowest BCUT2D eigenvalue weighted by atomic mass is 9.93. The van der Waals surface area contributed by atoms with E-state index in [0.29, 0.717) is 17.9 Å². The van der Waals surface area contributed by atoms with E-state index in [0.717, 1.165) is 17.7 Å². The molecule has 0 aliphatic carbocycles. The van der Waals surface area contributed by atoms with Crippen molar-refractivity contribution in [1.29, 1.82) is 0 Å². The quantitative estimate of drug-likeness (QED) is 0.344. The zero-order valence-electron chi connectivity index (χ0n) is 20.9. The Labute approximate surface area is 214 Å². The third-order valence-electron chi connectivity index (χ3n) is 5.05. The Bertz CT molecular complexity index is 1070. The molecule has 0 heterocycles. The van der Waals surface area contributed by atoms with Gasteiger partial charge in [-0.1, -0.05) is 23.7 Å². The number of alkyl carbamates (subject to hydrolysis) is 1. The second-order valence-electron chi connectivity index (χ2n) is 9.41. The maximum atomic E-state index is 12.9. The minimum absolute atomic E-state index is 0.0343. The molecule has 0 radical (unpaired) electrons. The van der Waals surface area contributed by atoms with Gasteiger partial charge in [-0.25, -0.2) is 9.59 Å². The number of amides is 1. The number of alkyl halides is 3. The average molecular weight is 530 g/mol. The van der Waals surface area contributed by atoms with Crippen molar-refractivity contribution < 1.29 is 37.0 Å². The molecule has 36 heavy (non-hydrogen) atoms. The molecule has 0 unspecified atom stereocenters. The molecule has 0 saturated carbocycles. The summed E-state index contributed by atoms with van der Waals surface area (Å²) >= 11 is 6.38. The normalized spacial score (nSPS) is 13.5. The molecule has 0 bridgehead atoms. The molecule has 2 aromatic carbocycles. The number of hydrogen-bond donors (Lipinski definition) is 1. The third kappa shape index (κ3) is 8.93. The molecule has 0 aliphatic heterocycles. The topological polar surface area (TPSA) is 73.9 Å². The molecule has 1 atom stereocenters. The predicted molar refractivity (Wildman–Crippen MR) is 130 cm³/mol. The van der Waals surface area contributed by atoms with Gasteiger partial charge in [-0.2, -0.15) is 13.2 Å². The number of rotatable bonds is 9. The first-order valence-corrected chi connectivity index (χ1v) is 11.8. The van der Waals surface area contributed by atoms with E-state index in [-0.39, 0.29) is 24.5 Å². The molecule has 1 N–H and O–H groups in total. The molecular weight excluding hydrogens is 499 g/mol. The van der Waals surface area contributed by atoms with Crippen LogP contribution in [0.5, 0.6) is 11.5 Å². The predicted octanol–water partition coefficient (Wildman–Crippen LogP) is 7.32. The van der Waals surface area contributed by atoms with E-state index in [4.69, 9.17) is 25.8 Å². The van der Waals surface area contributed by atoms with Gasteiger partial charge in [0, 0.05) is 5.02 Å². The summed E-state index contributed by atoms with van der Waals surface area (Å²) < 4.78 is 54.7. The van der Waals surface area contributed by atoms with Crippen LogP contribution in [0.3, 0.4) is 0 Å². The van der Waals surface area contributed by atoms with Gasteiger partial charge in [0.1, 0.15) is 22.6 Å². The molecule has 2 rings (SSSR count). The Hall–Kier alpha value is -2.94. The minimum Gasteiger partial charge on any atom is -0.464 e. The molecular formula is C26H31ClF3NO5. The maximum absolute atomic E-state index is 12.9. The van der Waals surface area contributed by atoms with E-state index in [1.165, 1.54) is 18.2 Å². The third-order valence-corrected chi connectivity index (χ3v) is 5.40. The van der Waals surface area contributed by atoms with Crippen LogP contribution in [0.2, 0.25) is 5.02 Å².